The molecule has 0 aliphatic heterocycles. The second-order valence-corrected chi connectivity index (χ2v) is 7.74. The smallest absolute Gasteiger partial charge is 0.405 e. The molecule has 2 aromatic carbocycles. The topological polar surface area (TPSA) is 61.6 Å². The Bertz CT molecular complexity index is 830. The summed E-state index contributed by atoms with van der Waals surface area (Å²) in [5, 5.41) is 0. The summed E-state index contributed by atoms with van der Waals surface area (Å²) in [4.78, 5) is 11.2. The lowest BCUT2D eigenvalue weighted by molar-refractivity contribution is 0.0391. The van der Waals surface area contributed by atoms with Gasteiger partial charge in [0, 0.05) is 11.0 Å². The Morgan fingerprint density at radius 1 is 1.26 bits per heavy atom. The molecule has 2 aromatic rings. The molecule has 2 N–H and O–H groups in total. The van der Waals surface area contributed by atoms with Gasteiger partial charge in [0.1, 0.15) is 17.7 Å². The average Bonchev–Trinajstić information content (AvgIpc) is 2.84. The highest BCUT2D eigenvalue weighted by Crippen LogP contribution is 2.48. The van der Waals surface area contributed by atoms with Gasteiger partial charge >= 0.3 is 6.09 Å². The molecule has 4 nitrogen and oxygen atoms in total. The van der Waals surface area contributed by atoms with Gasteiger partial charge in [-0.05, 0) is 53.8 Å². The number of carbonyl (C=O) groups excluding carboxylic acids is 1. The summed E-state index contributed by atoms with van der Waals surface area (Å²) in [6.07, 6.45) is 1.39. The Labute approximate surface area is 159 Å². The van der Waals surface area contributed by atoms with Crippen molar-refractivity contribution in [2.75, 3.05) is 6.61 Å². The van der Waals surface area contributed by atoms with Crippen LogP contribution in [0.3, 0.4) is 0 Å². The van der Waals surface area contributed by atoms with E-state index in [0.717, 1.165) is 29.7 Å². The van der Waals surface area contributed by atoms with Crippen LogP contribution < -0.4 is 10.5 Å². The van der Waals surface area contributed by atoms with E-state index in [9.17, 15) is 9.18 Å². The zero-order chi connectivity index (χ0) is 19.6. The van der Waals surface area contributed by atoms with Crippen LogP contribution in [0, 0.1) is 11.2 Å². The van der Waals surface area contributed by atoms with Gasteiger partial charge in [-0.3, -0.25) is 0 Å². The number of nitrogens with two attached hydrogens (primary N) is 1. The van der Waals surface area contributed by atoms with Crippen molar-refractivity contribution < 1.29 is 18.7 Å². The molecule has 3 rings (SSSR count). The summed E-state index contributed by atoms with van der Waals surface area (Å²) in [6.45, 7) is 6.77. The van der Waals surface area contributed by atoms with E-state index in [1.54, 1.807) is 0 Å². The normalized spacial score (nSPS) is 17.4. The number of benzene rings is 2. The van der Waals surface area contributed by atoms with Crippen molar-refractivity contribution in [1.29, 1.82) is 0 Å². The first-order chi connectivity index (χ1) is 12.8. The van der Waals surface area contributed by atoms with Crippen LogP contribution in [-0.4, -0.2) is 12.7 Å². The van der Waals surface area contributed by atoms with Crippen molar-refractivity contribution >= 4 is 6.09 Å². The molecule has 0 unspecified atom stereocenters. The van der Waals surface area contributed by atoms with Gasteiger partial charge in [-0.25, -0.2) is 9.18 Å². The Balaban J connectivity index is 1.88. The van der Waals surface area contributed by atoms with E-state index in [1.165, 1.54) is 6.07 Å². The van der Waals surface area contributed by atoms with Gasteiger partial charge in [0.15, 0.2) is 0 Å². The zero-order valence-corrected chi connectivity index (χ0v) is 16.0. The number of fused-ring (bicyclic) bond motifs is 1. The fraction of sp³-hybridized carbons (Fsp3) is 0.409. The van der Waals surface area contributed by atoms with Crippen molar-refractivity contribution in [1.82, 2.24) is 0 Å². The molecule has 5 heteroatoms. The summed E-state index contributed by atoms with van der Waals surface area (Å²) in [5.41, 5.74) is 7.86. The molecule has 1 atom stereocenters. The number of hydrogen-bond acceptors (Lipinski definition) is 3. The number of halogens is 1. The van der Waals surface area contributed by atoms with Gasteiger partial charge < -0.3 is 15.2 Å². The number of carbonyl (C=O) groups is 1. The Hall–Kier alpha value is -2.56. The molecule has 1 aliphatic carbocycles. The van der Waals surface area contributed by atoms with Crippen molar-refractivity contribution in [2.45, 2.75) is 46.1 Å². The molecule has 0 bridgehead atoms. The second kappa shape index (κ2) is 7.59. The van der Waals surface area contributed by atoms with Gasteiger partial charge in [0.25, 0.3) is 0 Å². The van der Waals surface area contributed by atoms with Crippen molar-refractivity contribution in [2.24, 2.45) is 11.1 Å². The third-order valence-corrected chi connectivity index (χ3v) is 5.03. The van der Waals surface area contributed by atoms with Gasteiger partial charge in [0.05, 0.1) is 6.61 Å². The fourth-order valence-electron chi connectivity index (χ4n) is 3.66. The second-order valence-electron chi connectivity index (χ2n) is 7.74. The molecule has 0 radical (unpaired) electrons. The SMILES string of the molecule is CCCCOc1ccc(-c2cc3c(cc2F)[C@H](OC(N)=O)C(C)(C)C3)cc1. The van der Waals surface area contributed by atoms with Crippen LogP contribution >= 0.6 is 0 Å². The lowest BCUT2D eigenvalue weighted by atomic mass is 9.87. The maximum absolute atomic E-state index is 14.8. The third-order valence-electron chi connectivity index (χ3n) is 5.03. The number of amides is 1. The molecule has 0 heterocycles. The molecule has 144 valence electrons. The van der Waals surface area contributed by atoms with E-state index < -0.39 is 12.2 Å². The number of rotatable bonds is 6. The average molecular weight is 371 g/mol. The quantitative estimate of drug-likeness (QED) is 0.693. The van der Waals surface area contributed by atoms with Gasteiger partial charge in [-0.15, -0.1) is 0 Å². The highest BCUT2D eigenvalue weighted by Gasteiger charge is 2.42. The molecule has 1 amide bonds. The van der Waals surface area contributed by atoms with E-state index in [1.807, 2.05) is 44.2 Å². The van der Waals surface area contributed by atoms with Crippen LogP contribution in [0.2, 0.25) is 0 Å². The van der Waals surface area contributed by atoms with E-state index in [4.69, 9.17) is 15.2 Å². The lowest BCUT2D eigenvalue weighted by Crippen LogP contribution is -2.25. The molecule has 0 spiro atoms. The maximum Gasteiger partial charge on any atom is 0.405 e. The molecule has 27 heavy (non-hydrogen) atoms. The molecule has 0 fully saturated rings. The van der Waals surface area contributed by atoms with Crippen molar-refractivity contribution in [3.63, 3.8) is 0 Å². The van der Waals surface area contributed by atoms with Crippen LogP contribution in [0.25, 0.3) is 11.1 Å². The number of primary amides is 1. The minimum Gasteiger partial charge on any atom is -0.494 e. The van der Waals surface area contributed by atoms with Crippen LogP contribution in [0.1, 0.15) is 50.8 Å². The van der Waals surface area contributed by atoms with Crippen LogP contribution in [0.4, 0.5) is 9.18 Å². The van der Waals surface area contributed by atoms with Crippen LogP contribution in [0.15, 0.2) is 36.4 Å². The number of unbranched alkanes of at least 4 members (excludes halogenated alkanes) is 1. The Morgan fingerprint density at radius 2 is 1.96 bits per heavy atom. The fourth-order valence-corrected chi connectivity index (χ4v) is 3.66. The summed E-state index contributed by atoms with van der Waals surface area (Å²) in [6, 6.07) is 10.8. The summed E-state index contributed by atoms with van der Waals surface area (Å²) >= 11 is 0. The van der Waals surface area contributed by atoms with E-state index in [2.05, 4.69) is 6.92 Å². The number of ether oxygens (including phenoxy) is 2. The predicted molar refractivity (Wildman–Crippen MR) is 103 cm³/mol. The first-order valence-electron chi connectivity index (χ1n) is 9.33. The van der Waals surface area contributed by atoms with Crippen LogP contribution in [0.5, 0.6) is 5.75 Å². The summed E-state index contributed by atoms with van der Waals surface area (Å²) in [7, 11) is 0. The van der Waals surface area contributed by atoms with Gasteiger partial charge in [0.2, 0.25) is 0 Å². The molecule has 0 aromatic heterocycles. The minimum absolute atomic E-state index is 0.334. The van der Waals surface area contributed by atoms with Crippen LogP contribution in [-0.2, 0) is 11.2 Å². The molecule has 1 aliphatic rings. The Morgan fingerprint density at radius 3 is 2.59 bits per heavy atom. The summed E-state index contributed by atoms with van der Waals surface area (Å²) < 4.78 is 25.8. The predicted octanol–water partition coefficient (Wildman–Crippen LogP) is 5.39. The minimum atomic E-state index is -0.843. The standard InChI is InChI=1S/C22H26FNO3/c1-4-5-10-26-16-8-6-14(7-9-16)17-11-15-13-22(2,3)20(27-21(24)25)18(15)12-19(17)23/h6-9,11-12,20H,4-5,10,13H2,1-3H3,(H2,24,25)/t20-/m0/s1. The van der Waals surface area contributed by atoms with E-state index in [0.29, 0.717) is 24.2 Å². The highest BCUT2D eigenvalue weighted by molar-refractivity contribution is 5.68. The lowest BCUT2D eigenvalue weighted by Gasteiger charge is -2.26. The van der Waals surface area contributed by atoms with Crippen molar-refractivity contribution in [3.8, 4) is 16.9 Å². The zero-order valence-electron chi connectivity index (χ0n) is 16.0. The van der Waals surface area contributed by atoms with Gasteiger partial charge in [-0.2, -0.15) is 0 Å². The first kappa shape index (κ1) is 19.2. The maximum atomic E-state index is 14.8. The summed E-state index contributed by atoms with van der Waals surface area (Å²) in [5.74, 6) is 0.439. The molecule has 0 saturated carbocycles. The molecule has 0 saturated heterocycles. The Kier molecular flexibility index (Phi) is 5.40. The molecular formula is C22H26FNO3. The monoisotopic (exact) mass is 371 g/mol. The molecular weight excluding hydrogens is 345 g/mol. The van der Waals surface area contributed by atoms with Crippen molar-refractivity contribution in [3.05, 3.63) is 53.3 Å². The van der Waals surface area contributed by atoms with E-state index >= 15 is 0 Å². The first-order valence-corrected chi connectivity index (χ1v) is 9.33. The highest BCUT2D eigenvalue weighted by atomic mass is 19.1. The number of hydrogen-bond donors (Lipinski definition) is 1. The largest absolute Gasteiger partial charge is 0.494 e. The third kappa shape index (κ3) is 4.07. The van der Waals surface area contributed by atoms with Gasteiger partial charge in [-0.1, -0.05) is 39.3 Å². The van der Waals surface area contributed by atoms with E-state index in [-0.39, 0.29) is 11.2 Å².